The molecule has 0 spiro atoms. The van der Waals surface area contributed by atoms with Crippen LogP contribution >= 0.6 is 0 Å². The summed E-state index contributed by atoms with van der Waals surface area (Å²) < 4.78 is 19.6. The van der Waals surface area contributed by atoms with E-state index in [1.54, 1.807) is 51.1 Å². The van der Waals surface area contributed by atoms with Gasteiger partial charge in [0.05, 0.1) is 18.3 Å². The van der Waals surface area contributed by atoms with Gasteiger partial charge >= 0.3 is 5.97 Å². The molecule has 68 heavy (non-hydrogen) atoms. The summed E-state index contributed by atoms with van der Waals surface area (Å²) in [7, 11) is 0. The first kappa shape index (κ1) is 55.0. The minimum Gasteiger partial charge on any atom is -0.475 e. The number of benzene rings is 1. The Hall–Kier alpha value is -3.90. The van der Waals surface area contributed by atoms with Crippen LogP contribution in [-0.4, -0.2) is 92.6 Å². The van der Waals surface area contributed by atoms with Crippen molar-refractivity contribution in [2.24, 2.45) is 53.3 Å². The SMILES string of the molecule is C/C1=C\[C@@H](C)C(=O)CC([C@H](C)CC2CC[C@@H](O)[C@H](C)C2)OC(=O)[C@@H]2CCCCN2C(=O)[C@H](Oc2ccccc2)[C@]2(O)O[C@@H](CC[C@H]2C)C[C@H](C)/C(C)=C/C=C/C=C/[C@@H](C)C[C@@H](C)C(=O)[C@H](C)[C@@H]1O. The maximum absolute atomic E-state index is 15.2. The highest BCUT2D eigenvalue weighted by Crippen LogP contribution is 2.41. The molecule has 2 saturated heterocycles. The van der Waals surface area contributed by atoms with Gasteiger partial charge in [0.2, 0.25) is 11.9 Å². The van der Waals surface area contributed by atoms with Crippen molar-refractivity contribution in [2.75, 3.05) is 6.54 Å². The lowest BCUT2D eigenvalue weighted by atomic mass is 9.75. The lowest BCUT2D eigenvalue weighted by molar-refractivity contribution is -0.312. The van der Waals surface area contributed by atoms with E-state index in [0.29, 0.717) is 69.1 Å². The number of carbonyl (C=O) groups is 4. The molecule has 3 heterocycles. The van der Waals surface area contributed by atoms with Crippen LogP contribution in [0, 0.1) is 53.3 Å². The molecule has 2 unspecified atom stereocenters. The van der Waals surface area contributed by atoms with Gasteiger partial charge in [-0.15, -0.1) is 0 Å². The molecule has 0 radical (unpaired) electrons. The fourth-order valence-electron chi connectivity index (χ4n) is 11.1. The molecule has 3 N–H and O–H groups in total. The number of aliphatic hydroxyl groups excluding tert-OH is 2. The molecule has 16 atom stereocenters. The average molecular weight is 944 g/mol. The molecule has 5 rings (SSSR count). The summed E-state index contributed by atoms with van der Waals surface area (Å²) in [5.41, 5.74) is 1.66. The lowest BCUT2D eigenvalue weighted by Gasteiger charge is -2.47. The van der Waals surface area contributed by atoms with Crippen molar-refractivity contribution < 1.29 is 48.7 Å². The van der Waals surface area contributed by atoms with Crippen molar-refractivity contribution in [3.05, 3.63) is 77.9 Å². The number of rotatable bonds is 5. The number of para-hydroxylation sites is 1. The van der Waals surface area contributed by atoms with E-state index in [4.69, 9.17) is 14.2 Å². The van der Waals surface area contributed by atoms with Gasteiger partial charge in [-0.05, 0) is 132 Å². The third kappa shape index (κ3) is 14.6. The predicted molar refractivity (Wildman–Crippen MR) is 266 cm³/mol. The molecule has 3 fully saturated rings. The highest BCUT2D eigenvalue weighted by molar-refractivity contribution is 5.89. The predicted octanol–water partition coefficient (Wildman–Crippen LogP) is 9.92. The molecular weight excluding hydrogens is 859 g/mol. The van der Waals surface area contributed by atoms with E-state index in [1.807, 2.05) is 45.1 Å². The first-order chi connectivity index (χ1) is 32.2. The fraction of sp³-hybridized carbons (Fsp3) is 0.684. The van der Waals surface area contributed by atoms with Crippen LogP contribution in [0.5, 0.6) is 5.75 Å². The summed E-state index contributed by atoms with van der Waals surface area (Å²) in [5.74, 6) is -4.74. The van der Waals surface area contributed by atoms with Crippen LogP contribution in [0.15, 0.2) is 77.9 Å². The van der Waals surface area contributed by atoms with Gasteiger partial charge < -0.3 is 34.4 Å². The molecule has 0 aromatic heterocycles. The number of piperidine rings is 1. The standard InChI is InChI=1S/C57H85NO10/c1-35-19-13-11-14-20-36(2)37(3)33-47-26-24-43(9)57(65,68-47)54(66-46-21-15-12-16-22-46)55(63)58-28-18-17-23-48(58)56(64)67-51(40(6)32-45-25-27-49(59)39(5)31-45)34-50(60)38(4)30-42(8)53(62)44(10)52(61)41(7)29-35/h11-16,19-22,30,35,37-41,43-45,47-49,51,53-54,59,62,65H,17-18,23-29,31-34H2,1-10H3/b14-11+,19-13+,36-20+,42-30+/t35-,37+,38-,39-,40-,41-,43-,44+,45?,47+,48+,49-,51?,53-,54+,57-/m1/s1. The number of allylic oxidation sites excluding steroid dienone is 7. The number of fused-ring (bicyclic) bond motifs is 3. The second-order valence-electron chi connectivity index (χ2n) is 21.7. The molecule has 378 valence electrons. The summed E-state index contributed by atoms with van der Waals surface area (Å²) in [6, 6.07) is 7.93. The number of amides is 1. The zero-order chi connectivity index (χ0) is 49.9. The summed E-state index contributed by atoms with van der Waals surface area (Å²) in [4.78, 5) is 59.3. The molecule has 11 heteroatoms. The lowest BCUT2D eigenvalue weighted by Crippen LogP contribution is -2.64. The molecular formula is C57H85NO10. The highest BCUT2D eigenvalue weighted by Gasteiger charge is 2.55. The summed E-state index contributed by atoms with van der Waals surface area (Å²) >= 11 is 0. The number of hydrogen-bond acceptors (Lipinski definition) is 10. The minimum absolute atomic E-state index is 0.0371. The van der Waals surface area contributed by atoms with Crippen LogP contribution < -0.4 is 4.74 Å². The van der Waals surface area contributed by atoms with Gasteiger partial charge in [-0.3, -0.25) is 14.4 Å². The Morgan fingerprint density at radius 1 is 0.824 bits per heavy atom. The van der Waals surface area contributed by atoms with Gasteiger partial charge in [0.1, 0.15) is 29.5 Å². The van der Waals surface area contributed by atoms with Gasteiger partial charge in [0, 0.05) is 36.6 Å². The van der Waals surface area contributed by atoms with Crippen molar-refractivity contribution in [2.45, 2.75) is 189 Å². The Kier molecular flexibility index (Phi) is 20.5. The largest absolute Gasteiger partial charge is 0.475 e. The second kappa shape index (κ2) is 25.3. The smallest absolute Gasteiger partial charge is 0.329 e. The Bertz CT molecular complexity index is 1960. The van der Waals surface area contributed by atoms with E-state index >= 15 is 4.79 Å². The Balaban J connectivity index is 1.52. The average Bonchev–Trinajstić information content (AvgIpc) is 3.31. The number of ketones is 2. The van der Waals surface area contributed by atoms with Crippen LogP contribution in [0.25, 0.3) is 0 Å². The van der Waals surface area contributed by atoms with Gasteiger partial charge in [0.15, 0.2) is 0 Å². The molecule has 4 aliphatic rings. The Morgan fingerprint density at radius 3 is 2.25 bits per heavy atom. The quantitative estimate of drug-likeness (QED) is 0.192. The summed E-state index contributed by atoms with van der Waals surface area (Å²) in [6.07, 6.45) is 14.8. The van der Waals surface area contributed by atoms with Gasteiger partial charge in [-0.25, -0.2) is 4.79 Å². The van der Waals surface area contributed by atoms with Crippen LogP contribution in [-0.2, 0) is 28.7 Å². The van der Waals surface area contributed by atoms with Gasteiger partial charge in [-0.2, -0.15) is 0 Å². The van der Waals surface area contributed by atoms with E-state index < -0.39 is 59.8 Å². The van der Waals surface area contributed by atoms with Crippen molar-refractivity contribution in [1.82, 2.24) is 4.90 Å². The van der Waals surface area contributed by atoms with Crippen LogP contribution in [0.3, 0.4) is 0 Å². The molecule has 3 aliphatic heterocycles. The van der Waals surface area contributed by atoms with Crippen LogP contribution in [0.1, 0.15) is 146 Å². The maximum Gasteiger partial charge on any atom is 0.329 e. The first-order valence-electron chi connectivity index (χ1n) is 25.9. The Morgan fingerprint density at radius 2 is 1.54 bits per heavy atom. The van der Waals surface area contributed by atoms with E-state index in [0.717, 1.165) is 18.4 Å². The topological polar surface area (TPSA) is 160 Å². The normalized spacial score (nSPS) is 40.1. The molecule has 2 bridgehead atoms. The number of aliphatic hydroxyl groups is 3. The third-order valence-electron chi connectivity index (χ3n) is 15.9. The van der Waals surface area contributed by atoms with Crippen LogP contribution in [0.2, 0.25) is 0 Å². The van der Waals surface area contributed by atoms with E-state index in [-0.39, 0.29) is 72.2 Å². The number of esters is 1. The third-order valence-corrected chi connectivity index (χ3v) is 15.9. The zero-order valence-electron chi connectivity index (χ0n) is 42.9. The number of cyclic esters (lactones) is 1. The number of Topliss-reactive ketones (excluding diaryl/α,β-unsaturated/α-hetero) is 2. The minimum atomic E-state index is -2.02. The van der Waals surface area contributed by atoms with Gasteiger partial charge in [0.25, 0.3) is 5.91 Å². The summed E-state index contributed by atoms with van der Waals surface area (Å²) in [6.45, 7) is 19.6. The second-order valence-corrected chi connectivity index (χ2v) is 21.7. The van der Waals surface area contributed by atoms with Crippen molar-refractivity contribution in [1.29, 1.82) is 0 Å². The zero-order valence-corrected chi connectivity index (χ0v) is 42.9. The summed E-state index contributed by atoms with van der Waals surface area (Å²) in [5, 5.41) is 34.7. The molecule has 1 aliphatic carbocycles. The maximum atomic E-state index is 15.2. The van der Waals surface area contributed by atoms with Crippen LogP contribution in [0.4, 0.5) is 0 Å². The number of nitrogens with zero attached hydrogens (tertiary/aromatic N) is 1. The monoisotopic (exact) mass is 944 g/mol. The number of hydrogen-bond donors (Lipinski definition) is 3. The van der Waals surface area contributed by atoms with Gasteiger partial charge in [-0.1, -0.05) is 116 Å². The van der Waals surface area contributed by atoms with Crippen molar-refractivity contribution >= 4 is 23.4 Å². The molecule has 1 saturated carbocycles. The van der Waals surface area contributed by atoms with E-state index in [9.17, 15) is 29.7 Å². The van der Waals surface area contributed by atoms with E-state index in [1.165, 1.54) is 4.90 Å². The Labute approximate surface area is 407 Å². The molecule has 1 aromatic carbocycles. The van der Waals surface area contributed by atoms with Crippen molar-refractivity contribution in [3.8, 4) is 5.75 Å². The first-order valence-corrected chi connectivity index (χ1v) is 25.9. The highest BCUT2D eigenvalue weighted by atomic mass is 16.7. The molecule has 1 aromatic rings. The number of carbonyl (C=O) groups excluding carboxylic acids is 4. The molecule has 1 amide bonds. The van der Waals surface area contributed by atoms with Crippen molar-refractivity contribution in [3.63, 3.8) is 0 Å². The van der Waals surface area contributed by atoms with E-state index in [2.05, 4.69) is 39.8 Å². The fourth-order valence-corrected chi connectivity index (χ4v) is 11.1. The number of ether oxygens (including phenoxy) is 3. The molecule has 11 nitrogen and oxygen atoms in total.